The predicted molar refractivity (Wildman–Crippen MR) is 102 cm³/mol. The van der Waals surface area contributed by atoms with Gasteiger partial charge in [-0.1, -0.05) is 13.8 Å². The molecule has 0 aromatic heterocycles. The van der Waals surface area contributed by atoms with Crippen molar-refractivity contribution < 1.29 is 4.74 Å². The van der Waals surface area contributed by atoms with Crippen LogP contribution >= 0.6 is 0 Å². The van der Waals surface area contributed by atoms with Gasteiger partial charge in [-0.05, 0) is 44.9 Å². The smallest absolute Gasteiger partial charge is 0.193 e. The molecular weight excluding hydrogens is 300 g/mol. The molecule has 0 saturated carbocycles. The zero-order chi connectivity index (χ0) is 17.5. The van der Waals surface area contributed by atoms with Gasteiger partial charge in [-0.3, -0.25) is 9.89 Å². The molecule has 2 rings (SSSR count). The monoisotopic (exact) mass is 338 g/mol. The molecule has 0 aromatic carbocycles. The Bertz CT molecular complexity index is 389. The second-order valence-electron chi connectivity index (χ2n) is 8.07. The van der Waals surface area contributed by atoms with Gasteiger partial charge < -0.3 is 15.0 Å². The normalized spacial score (nSPS) is 29.5. The second-order valence-corrected chi connectivity index (χ2v) is 8.07. The van der Waals surface area contributed by atoms with Crippen LogP contribution in [0, 0.1) is 11.8 Å². The van der Waals surface area contributed by atoms with E-state index in [-0.39, 0.29) is 0 Å². The van der Waals surface area contributed by atoms with Crippen LogP contribution in [-0.4, -0.2) is 74.3 Å². The first-order valence-electron chi connectivity index (χ1n) is 9.81. The van der Waals surface area contributed by atoms with Crippen molar-refractivity contribution in [3.63, 3.8) is 0 Å². The minimum absolute atomic E-state index is 0.358. The maximum atomic E-state index is 5.80. The van der Waals surface area contributed by atoms with Crippen molar-refractivity contribution >= 4 is 5.96 Å². The Labute approximate surface area is 148 Å². The van der Waals surface area contributed by atoms with E-state index in [0.29, 0.717) is 12.2 Å². The summed E-state index contributed by atoms with van der Waals surface area (Å²) < 4.78 is 5.80. The number of hydrogen-bond donors (Lipinski definition) is 1. The molecule has 24 heavy (non-hydrogen) atoms. The summed E-state index contributed by atoms with van der Waals surface area (Å²) in [6.07, 6.45) is 4.51. The van der Waals surface area contributed by atoms with Crippen LogP contribution < -0.4 is 5.32 Å². The van der Waals surface area contributed by atoms with Crippen molar-refractivity contribution in [2.75, 3.05) is 46.3 Å². The fourth-order valence-corrected chi connectivity index (χ4v) is 4.19. The number of ether oxygens (including phenoxy) is 1. The average molecular weight is 339 g/mol. The highest BCUT2D eigenvalue weighted by atomic mass is 16.5. The first-order valence-corrected chi connectivity index (χ1v) is 9.81. The summed E-state index contributed by atoms with van der Waals surface area (Å²) in [6, 6.07) is 0. The molecular formula is C19H38N4O. The van der Waals surface area contributed by atoms with Crippen LogP contribution in [0.25, 0.3) is 0 Å². The van der Waals surface area contributed by atoms with E-state index in [4.69, 9.17) is 4.74 Å². The molecule has 2 heterocycles. The Morgan fingerprint density at radius 3 is 2.54 bits per heavy atom. The van der Waals surface area contributed by atoms with Crippen LogP contribution in [0.3, 0.4) is 0 Å². The quantitative estimate of drug-likeness (QED) is 0.459. The van der Waals surface area contributed by atoms with E-state index < -0.39 is 0 Å². The van der Waals surface area contributed by atoms with Crippen molar-refractivity contribution in [3.05, 3.63) is 0 Å². The summed E-state index contributed by atoms with van der Waals surface area (Å²) in [5.41, 5.74) is 0. The van der Waals surface area contributed by atoms with Crippen molar-refractivity contribution in [1.82, 2.24) is 15.1 Å². The third kappa shape index (κ3) is 6.25. The van der Waals surface area contributed by atoms with E-state index in [1.807, 2.05) is 7.05 Å². The van der Waals surface area contributed by atoms with Gasteiger partial charge in [0, 0.05) is 46.3 Å². The fourth-order valence-electron chi connectivity index (χ4n) is 4.19. The molecule has 0 bridgehead atoms. The molecule has 1 N–H and O–H groups in total. The fraction of sp³-hybridized carbons (Fsp3) is 0.947. The van der Waals surface area contributed by atoms with Crippen LogP contribution in [0.5, 0.6) is 0 Å². The standard InChI is InChI=1S/C19H38N4O/c1-15(2)11-18-7-10-23(14-18)19(20-5)21-8-6-9-22-12-16(3)24-17(4)13-22/h15-18H,6-14H2,1-5H3,(H,20,21). The van der Waals surface area contributed by atoms with Gasteiger partial charge in [0.2, 0.25) is 0 Å². The van der Waals surface area contributed by atoms with E-state index in [2.05, 4.69) is 47.8 Å². The third-order valence-electron chi connectivity index (χ3n) is 5.03. The molecule has 2 saturated heterocycles. The minimum Gasteiger partial charge on any atom is -0.373 e. The Hall–Kier alpha value is -0.810. The summed E-state index contributed by atoms with van der Waals surface area (Å²) in [6.45, 7) is 15.5. The average Bonchev–Trinajstić information content (AvgIpc) is 2.93. The molecule has 0 radical (unpaired) electrons. The topological polar surface area (TPSA) is 40.1 Å². The molecule has 2 aliphatic rings. The molecule has 0 aliphatic carbocycles. The number of hydrogen-bond acceptors (Lipinski definition) is 3. The number of morpholine rings is 1. The minimum atomic E-state index is 0.358. The van der Waals surface area contributed by atoms with Gasteiger partial charge in [-0.25, -0.2) is 0 Å². The van der Waals surface area contributed by atoms with Gasteiger partial charge in [0.25, 0.3) is 0 Å². The molecule has 2 aliphatic heterocycles. The van der Waals surface area contributed by atoms with Gasteiger partial charge in [0.1, 0.15) is 0 Å². The number of nitrogens with zero attached hydrogens (tertiary/aromatic N) is 3. The third-order valence-corrected chi connectivity index (χ3v) is 5.03. The van der Waals surface area contributed by atoms with Gasteiger partial charge in [0.15, 0.2) is 5.96 Å². The molecule has 2 fully saturated rings. The van der Waals surface area contributed by atoms with Gasteiger partial charge in [-0.2, -0.15) is 0 Å². The lowest BCUT2D eigenvalue weighted by Gasteiger charge is -2.35. The summed E-state index contributed by atoms with van der Waals surface area (Å²) in [5, 5.41) is 3.57. The lowest BCUT2D eigenvalue weighted by molar-refractivity contribution is -0.0679. The molecule has 5 nitrogen and oxygen atoms in total. The van der Waals surface area contributed by atoms with Crippen LogP contribution in [-0.2, 0) is 4.74 Å². The van der Waals surface area contributed by atoms with E-state index in [9.17, 15) is 0 Å². The van der Waals surface area contributed by atoms with E-state index >= 15 is 0 Å². The SMILES string of the molecule is CN=C(NCCCN1CC(C)OC(C)C1)N1CCC(CC(C)C)C1. The molecule has 0 amide bonds. The van der Waals surface area contributed by atoms with E-state index in [1.165, 1.54) is 12.8 Å². The van der Waals surface area contributed by atoms with Crippen LogP contribution in [0.1, 0.15) is 47.0 Å². The summed E-state index contributed by atoms with van der Waals surface area (Å²) >= 11 is 0. The second kappa shape index (κ2) is 9.62. The van der Waals surface area contributed by atoms with Crippen molar-refractivity contribution in [2.45, 2.75) is 59.2 Å². The lowest BCUT2D eigenvalue weighted by Crippen LogP contribution is -2.46. The van der Waals surface area contributed by atoms with Crippen molar-refractivity contribution in [3.8, 4) is 0 Å². The van der Waals surface area contributed by atoms with E-state index in [0.717, 1.165) is 63.5 Å². The maximum absolute atomic E-state index is 5.80. The Kier molecular flexibility index (Phi) is 7.82. The van der Waals surface area contributed by atoms with Crippen molar-refractivity contribution in [1.29, 1.82) is 0 Å². The zero-order valence-corrected chi connectivity index (χ0v) is 16.4. The first kappa shape index (κ1) is 19.5. The number of aliphatic imine (C=N–C) groups is 1. The summed E-state index contributed by atoms with van der Waals surface area (Å²) in [5.74, 6) is 2.72. The summed E-state index contributed by atoms with van der Waals surface area (Å²) in [4.78, 5) is 9.45. The Morgan fingerprint density at radius 1 is 1.21 bits per heavy atom. The van der Waals surface area contributed by atoms with Crippen LogP contribution in [0.2, 0.25) is 0 Å². The highest BCUT2D eigenvalue weighted by Crippen LogP contribution is 2.23. The highest BCUT2D eigenvalue weighted by molar-refractivity contribution is 5.80. The Balaban J connectivity index is 1.65. The van der Waals surface area contributed by atoms with Gasteiger partial charge in [-0.15, -0.1) is 0 Å². The van der Waals surface area contributed by atoms with Crippen molar-refractivity contribution in [2.24, 2.45) is 16.8 Å². The first-order chi connectivity index (χ1) is 11.5. The zero-order valence-electron chi connectivity index (χ0n) is 16.4. The summed E-state index contributed by atoms with van der Waals surface area (Å²) in [7, 11) is 1.91. The van der Waals surface area contributed by atoms with Gasteiger partial charge in [0.05, 0.1) is 12.2 Å². The number of guanidine groups is 1. The van der Waals surface area contributed by atoms with Crippen LogP contribution in [0.15, 0.2) is 4.99 Å². The molecule has 0 spiro atoms. The van der Waals surface area contributed by atoms with Gasteiger partial charge >= 0.3 is 0 Å². The van der Waals surface area contributed by atoms with E-state index in [1.54, 1.807) is 0 Å². The lowest BCUT2D eigenvalue weighted by atomic mass is 9.97. The molecule has 0 aromatic rings. The number of rotatable bonds is 6. The molecule has 5 heteroatoms. The molecule has 3 atom stereocenters. The predicted octanol–water partition coefficient (Wildman–Crippen LogP) is 2.43. The Morgan fingerprint density at radius 2 is 1.92 bits per heavy atom. The molecule has 140 valence electrons. The maximum Gasteiger partial charge on any atom is 0.193 e. The largest absolute Gasteiger partial charge is 0.373 e. The van der Waals surface area contributed by atoms with Crippen LogP contribution in [0.4, 0.5) is 0 Å². The number of nitrogens with one attached hydrogen (secondary N) is 1. The number of likely N-dealkylation sites (tertiary alicyclic amines) is 1. The highest BCUT2D eigenvalue weighted by Gasteiger charge is 2.25. The molecule has 3 unspecified atom stereocenters.